The molecule has 4 nitrogen and oxygen atoms in total. The number of rotatable bonds is 7. The minimum atomic E-state index is -0.325. The van der Waals surface area contributed by atoms with Crippen LogP contribution in [-0.2, 0) is 10.2 Å². The van der Waals surface area contributed by atoms with E-state index in [1.54, 1.807) is 6.21 Å². The van der Waals surface area contributed by atoms with Gasteiger partial charge in [0.1, 0.15) is 5.75 Å². The highest BCUT2D eigenvalue weighted by atomic mass is 79.9. The zero-order valence-electron chi connectivity index (χ0n) is 18.5. The second kappa shape index (κ2) is 10.1. The minimum Gasteiger partial charge on any atom is -0.481 e. The summed E-state index contributed by atoms with van der Waals surface area (Å²) in [6.45, 7) is 13.1. The Balaban J connectivity index is 1.99. The smallest absolute Gasteiger partial charge is 0.277 e. The lowest BCUT2D eigenvalue weighted by Crippen LogP contribution is -2.26. The monoisotopic (exact) mass is 536 g/mol. The van der Waals surface area contributed by atoms with E-state index in [0.717, 1.165) is 20.9 Å². The number of amides is 1. The molecular formula is C24H30Br2N2O2. The van der Waals surface area contributed by atoms with Crippen molar-refractivity contribution < 1.29 is 9.53 Å². The SMILES string of the molecule is Cc1ccc(/C=N\NC(=O)COc2c(Br)cc(C(C)(C)CC(C)(C)C)cc2Br)cc1. The Hall–Kier alpha value is -1.66. The lowest BCUT2D eigenvalue weighted by molar-refractivity contribution is -0.123. The van der Waals surface area contributed by atoms with E-state index < -0.39 is 0 Å². The highest BCUT2D eigenvalue weighted by Crippen LogP contribution is 2.42. The molecule has 162 valence electrons. The molecule has 0 aliphatic heterocycles. The molecule has 0 unspecified atom stereocenters. The molecule has 0 saturated heterocycles. The maximum atomic E-state index is 12.1. The molecule has 2 aromatic carbocycles. The van der Waals surface area contributed by atoms with Gasteiger partial charge in [0, 0.05) is 0 Å². The second-order valence-corrected chi connectivity index (χ2v) is 11.1. The zero-order valence-corrected chi connectivity index (χ0v) is 21.6. The summed E-state index contributed by atoms with van der Waals surface area (Å²) in [6.07, 6.45) is 2.65. The maximum absolute atomic E-state index is 12.1. The third-order valence-electron chi connectivity index (χ3n) is 4.58. The Morgan fingerprint density at radius 1 is 1.07 bits per heavy atom. The fraction of sp³-hybridized carbons (Fsp3) is 0.417. The van der Waals surface area contributed by atoms with Crippen molar-refractivity contribution >= 4 is 44.0 Å². The Labute approximate surface area is 196 Å². The van der Waals surface area contributed by atoms with Gasteiger partial charge in [0.25, 0.3) is 5.91 Å². The Kier molecular flexibility index (Phi) is 8.28. The molecule has 30 heavy (non-hydrogen) atoms. The number of ether oxygens (including phenoxy) is 1. The highest BCUT2D eigenvalue weighted by molar-refractivity contribution is 9.11. The van der Waals surface area contributed by atoms with E-state index in [1.807, 2.05) is 31.2 Å². The minimum absolute atomic E-state index is 0.00386. The largest absolute Gasteiger partial charge is 0.481 e. The summed E-state index contributed by atoms with van der Waals surface area (Å²) in [4.78, 5) is 12.1. The Morgan fingerprint density at radius 2 is 1.63 bits per heavy atom. The average Bonchev–Trinajstić information content (AvgIpc) is 2.60. The number of carbonyl (C=O) groups excluding carboxylic acids is 1. The van der Waals surface area contributed by atoms with Crippen LogP contribution in [0.3, 0.4) is 0 Å². The van der Waals surface area contributed by atoms with Crippen molar-refractivity contribution in [2.45, 2.75) is 53.4 Å². The first kappa shape index (κ1) is 24.6. The van der Waals surface area contributed by atoms with Crippen LogP contribution >= 0.6 is 31.9 Å². The fourth-order valence-electron chi connectivity index (χ4n) is 3.52. The van der Waals surface area contributed by atoms with Gasteiger partial charge in [0.05, 0.1) is 15.2 Å². The summed E-state index contributed by atoms with van der Waals surface area (Å²) in [5.74, 6) is 0.275. The summed E-state index contributed by atoms with van der Waals surface area (Å²) < 4.78 is 7.36. The number of halogens is 2. The molecule has 0 fully saturated rings. The van der Waals surface area contributed by atoms with E-state index in [9.17, 15) is 4.79 Å². The third-order valence-corrected chi connectivity index (χ3v) is 5.76. The predicted octanol–water partition coefficient (Wildman–Crippen LogP) is 6.76. The van der Waals surface area contributed by atoms with E-state index in [4.69, 9.17) is 4.74 Å². The van der Waals surface area contributed by atoms with E-state index in [2.05, 4.69) is 89.1 Å². The number of aryl methyl sites for hydroxylation is 1. The molecule has 6 heteroatoms. The Bertz CT molecular complexity index is 891. The average molecular weight is 538 g/mol. The van der Waals surface area contributed by atoms with Crippen LogP contribution in [0.2, 0.25) is 0 Å². The third kappa shape index (κ3) is 7.55. The van der Waals surface area contributed by atoms with Crippen LogP contribution in [0.1, 0.15) is 57.7 Å². The lowest BCUT2D eigenvalue weighted by Gasteiger charge is -2.33. The number of nitrogens with zero attached hydrogens (tertiary/aromatic N) is 1. The normalized spacial score (nSPS) is 12.3. The van der Waals surface area contributed by atoms with Crippen LogP contribution < -0.4 is 10.2 Å². The summed E-state index contributed by atoms with van der Waals surface area (Å²) >= 11 is 7.19. The van der Waals surface area contributed by atoms with Crippen molar-refractivity contribution in [2.75, 3.05) is 6.61 Å². The van der Waals surface area contributed by atoms with Gasteiger partial charge in [0.15, 0.2) is 6.61 Å². The lowest BCUT2D eigenvalue weighted by atomic mass is 9.72. The van der Waals surface area contributed by atoms with Gasteiger partial charge in [-0.3, -0.25) is 4.79 Å². The standard InChI is InChI=1S/C24H30Br2N2O2/c1-16-7-9-17(10-8-16)13-27-28-21(29)14-30-22-19(25)11-18(12-20(22)26)24(5,6)15-23(2,3)4/h7-13H,14-15H2,1-6H3,(H,28,29)/b27-13-. The van der Waals surface area contributed by atoms with Gasteiger partial charge in [-0.1, -0.05) is 64.4 Å². The number of carbonyl (C=O) groups is 1. The molecule has 1 amide bonds. The van der Waals surface area contributed by atoms with E-state index in [1.165, 1.54) is 11.1 Å². The molecule has 0 aliphatic carbocycles. The van der Waals surface area contributed by atoms with Crippen LogP contribution in [-0.4, -0.2) is 18.7 Å². The predicted molar refractivity (Wildman–Crippen MR) is 131 cm³/mol. The van der Waals surface area contributed by atoms with Crippen molar-refractivity contribution in [3.63, 3.8) is 0 Å². The zero-order chi connectivity index (χ0) is 22.5. The van der Waals surface area contributed by atoms with Crippen molar-refractivity contribution in [1.29, 1.82) is 0 Å². The van der Waals surface area contributed by atoms with E-state index >= 15 is 0 Å². The summed E-state index contributed by atoms with van der Waals surface area (Å²) in [5.41, 5.74) is 6.01. The first-order chi connectivity index (χ1) is 13.9. The van der Waals surface area contributed by atoms with Crippen LogP contribution in [0.15, 0.2) is 50.4 Å². The molecule has 0 atom stereocenters. The van der Waals surface area contributed by atoms with Gasteiger partial charge in [0.2, 0.25) is 0 Å². The van der Waals surface area contributed by atoms with Gasteiger partial charge in [-0.25, -0.2) is 5.43 Å². The van der Waals surface area contributed by atoms with Crippen molar-refractivity contribution in [3.8, 4) is 5.75 Å². The van der Waals surface area contributed by atoms with E-state index in [0.29, 0.717) is 5.75 Å². The molecule has 2 aromatic rings. The number of hydrogen-bond donors (Lipinski definition) is 1. The molecule has 0 bridgehead atoms. The van der Waals surface area contributed by atoms with E-state index in [-0.39, 0.29) is 23.3 Å². The topological polar surface area (TPSA) is 50.7 Å². The van der Waals surface area contributed by atoms with Gasteiger partial charge < -0.3 is 4.74 Å². The van der Waals surface area contributed by atoms with Crippen molar-refractivity contribution in [2.24, 2.45) is 10.5 Å². The molecule has 0 heterocycles. The van der Waals surface area contributed by atoms with Crippen LogP contribution in [0.4, 0.5) is 0 Å². The number of benzene rings is 2. The highest BCUT2D eigenvalue weighted by Gasteiger charge is 2.28. The fourth-order valence-corrected chi connectivity index (χ4v) is 4.93. The molecule has 0 aromatic heterocycles. The Morgan fingerprint density at radius 3 is 2.17 bits per heavy atom. The number of hydrazone groups is 1. The number of hydrogen-bond acceptors (Lipinski definition) is 3. The van der Waals surface area contributed by atoms with Gasteiger partial charge >= 0.3 is 0 Å². The molecule has 0 radical (unpaired) electrons. The molecular weight excluding hydrogens is 508 g/mol. The van der Waals surface area contributed by atoms with Crippen LogP contribution in [0.5, 0.6) is 5.75 Å². The molecule has 2 rings (SSSR count). The van der Waals surface area contributed by atoms with Crippen LogP contribution in [0, 0.1) is 12.3 Å². The first-order valence-corrected chi connectivity index (χ1v) is 11.5. The molecule has 0 aliphatic rings. The maximum Gasteiger partial charge on any atom is 0.277 e. The molecule has 1 N–H and O–H groups in total. The van der Waals surface area contributed by atoms with Gasteiger partial charge in [-0.2, -0.15) is 5.10 Å². The van der Waals surface area contributed by atoms with Crippen molar-refractivity contribution in [3.05, 3.63) is 62.0 Å². The quantitative estimate of drug-likeness (QED) is 0.313. The first-order valence-electron chi connectivity index (χ1n) is 9.88. The van der Waals surface area contributed by atoms with Crippen molar-refractivity contribution in [1.82, 2.24) is 5.43 Å². The molecule has 0 saturated carbocycles. The number of nitrogens with one attached hydrogen (secondary N) is 1. The van der Waals surface area contributed by atoms with Gasteiger partial charge in [-0.05, 0) is 79.3 Å². The second-order valence-electron chi connectivity index (χ2n) is 9.38. The van der Waals surface area contributed by atoms with Crippen LogP contribution in [0.25, 0.3) is 0 Å². The summed E-state index contributed by atoms with van der Waals surface area (Å²) in [5, 5.41) is 3.98. The summed E-state index contributed by atoms with van der Waals surface area (Å²) in [6, 6.07) is 12.0. The molecule has 0 spiro atoms. The summed E-state index contributed by atoms with van der Waals surface area (Å²) in [7, 11) is 0. The van der Waals surface area contributed by atoms with Gasteiger partial charge in [-0.15, -0.1) is 0 Å².